The van der Waals surface area contributed by atoms with Crippen LogP contribution in [0.25, 0.3) is 0 Å². The lowest BCUT2D eigenvalue weighted by Crippen LogP contribution is -2.46. The van der Waals surface area contributed by atoms with Crippen molar-refractivity contribution in [3.05, 3.63) is 0 Å². The second-order valence-corrected chi connectivity index (χ2v) is 5.82. The summed E-state index contributed by atoms with van der Waals surface area (Å²) in [5.41, 5.74) is -0.487. The fraction of sp³-hybridized carbons (Fsp3) is 0.846. The van der Waals surface area contributed by atoms with Gasteiger partial charge in [-0.25, -0.2) is 4.79 Å². The predicted molar refractivity (Wildman–Crippen MR) is 67.1 cm³/mol. The lowest BCUT2D eigenvalue weighted by Gasteiger charge is -2.36. The standard InChI is InChI=1S/C13H23NO4/c1-9-8-14(12(16)18-13(2,3)4)7-6-10(9)11(15)17-5/h9-10H,6-8H2,1-5H3/t9-,10-/m1/s1. The summed E-state index contributed by atoms with van der Waals surface area (Å²) >= 11 is 0. The summed E-state index contributed by atoms with van der Waals surface area (Å²) in [5.74, 6) is -0.209. The first-order chi connectivity index (χ1) is 8.24. The van der Waals surface area contributed by atoms with Crippen molar-refractivity contribution in [2.24, 2.45) is 11.8 Å². The summed E-state index contributed by atoms with van der Waals surface area (Å²) in [6, 6.07) is 0. The maximum Gasteiger partial charge on any atom is 0.410 e. The third kappa shape index (κ3) is 3.89. The minimum absolute atomic E-state index is 0.0960. The van der Waals surface area contributed by atoms with Gasteiger partial charge in [0, 0.05) is 13.1 Å². The van der Waals surface area contributed by atoms with Gasteiger partial charge in [0.15, 0.2) is 0 Å². The Hall–Kier alpha value is -1.26. The number of piperidine rings is 1. The summed E-state index contributed by atoms with van der Waals surface area (Å²) in [7, 11) is 1.40. The van der Waals surface area contributed by atoms with E-state index in [0.717, 1.165) is 0 Å². The van der Waals surface area contributed by atoms with Gasteiger partial charge in [-0.15, -0.1) is 0 Å². The van der Waals surface area contributed by atoms with Gasteiger partial charge in [0.1, 0.15) is 5.60 Å². The highest BCUT2D eigenvalue weighted by Crippen LogP contribution is 2.25. The predicted octanol–water partition coefficient (Wildman–Crippen LogP) is 2.05. The average molecular weight is 257 g/mol. The van der Waals surface area contributed by atoms with E-state index in [1.807, 2.05) is 27.7 Å². The van der Waals surface area contributed by atoms with Crippen molar-refractivity contribution in [3.63, 3.8) is 0 Å². The molecule has 1 aliphatic heterocycles. The molecule has 0 unspecified atom stereocenters. The molecule has 5 heteroatoms. The molecule has 0 aromatic heterocycles. The molecule has 1 rings (SSSR count). The molecule has 1 heterocycles. The quantitative estimate of drug-likeness (QED) is 0.675. The number of hydrogen-bond acceptors (Lipinski definition) is 4. The van der Waals surface area contributed by atoms with Crippen molar-refractivity contribution in [2.45, 2.75) is 39.7 Å². The number of nitrogens with zero attached hydrogens (tertiary/aromatic N) is 1. The Morgan fingerprint density at radius 3 is 2.33 bits per heavy atom. The Balaban J connectivity index is 2.55. The molecule has 0 aromatic carbocycles. The summed E-state index contributed by atoms with van der Waals surface area (Å²) in [6.07, 6.45) is 0.324. The molecule has 1 aliphatic rings. The number of carbonyl (C=O) groups excluding carboxylic acids is 2. The first kappa shape index (κ1) is 14.8. The van der Waals surface area contributed by atoms with Crippen molar-refractivity contribution in [2.75, 3.05) is 20.2 Å². The lowest BCUT2D eigenvalue weighted by molar-refractivity contribution is -0.149. The zero-order valence-corrected chi connectivity index (χ0v) is 11.9. The van der Waals surface area contributed by atoms with Gasteiger partial charge in [-0.3, -0.25) is 4.79 Å². The van der Waals surface area contributed by atoms with Crippen LogP contribution in [-0.2, 0) is 14.3 Å². The Morgan fingerprint density at radius 1 is 1.28 bits per heavy atom. The van der Waals surface area contributed by atoms with Gasteiger partial charge in [-0.1, -0.05) is 6.92 Å². The number of likely N-dealkylation sites (tertiary alicyclic amines) is 1. The van der Waals surface area contributed by atoms with Gasteiger partial charge in [-0.2, -0.15) is 0 Å². The van der Waals surface area contributed by atoms with E-state index in [1.165, 1.54) is 7.11 Å². The molecule has 18 heavy (non-hydrogen) atoms. The Morgan fingerprint density at radius 2 is 1.89 bits per heavy atom. The molecular formula is C13H23NO4. The van der Waals surface area contributed by atoms with Crippen LogP contribution < -0.4 is 0 Å². The Kier molecular flexibility index (Phi) is 4.59. The van der Waals surface area contributed by atoms with Crippen molar-refractivity contribution >= 4 is 12.1 Å². The molecule has 0 aliphatic carbocycles. The van der Waals surface area contributed by atoms with Gasteiger partial charge in [0.2, 0.25) is 0 Å². The van der Waals surface area contributed by atoms with Crippen LogP contribution in [0.5, 0.6) is 0 Å². The number of hydrogen-bond donors (Lipinski definition) is 0. The Labute approximate surface area is 108 Å². The molecule has 5 nitrogen and oxygen atoms in total. The third-order valence-corrected chi connectivity index (χ3v) is 3.06. The van der Waals surface area contributed by atoms with Crippen LogP contribution in [0.1, 0.15) is 34.1 Å². The van der Waals surface area contributed by atoms with Crippen LogP contribution >= 0.6 is 0 Å². The summed E-state index contributed by atoms with van der Waals surface area (Å²) in [5, 5.41) is 0. The molecule has 1 saturated heterocycles. The van der Waals surface area contributed by atoms with Gasteiger partial charge < -0.3 is 14.4 Å². The molecule has 104 valence electrons. The van der Waals surface area contributed by atoms with Crippen LogP contribution in [0.3, 0.4) is 0 Å². The van der Waals surface area contributed by atoms with Crippen molar-refractivity contribution < 1.29 is 19.1 Å². The number of methoxy groups -OCH3 is 1. The normalized spacial score (nSPS) is 24.6. The third-order valence-electron chi connectivity index (χ3n) is 3.06. The summed E-state index contributed by atoms with van der Waals surface area (Å²) in [4.78, 5) is 25.1. The number of ether oxygens (including phenoxy) is 2. The second kappa shape index (κ2) is 5.59. The van der Waals surface area contributed by atoms with E-state index < -0.39 is 5.60 Å². The lowest BCUT2D eigenvalue weighted by atomic mass is 9.87. The number of carbonyl (C=O) groups is 2. The van der Waals surface area contributed by atoms with E-state index in [-0.39, 0.29) is 23.9 Å². The molecule has 0 bridgehead atoms. The average Bonchev–Trinajstić information content (AvgIpc) is 2.25. The largest absolute Gasteiger partial charge is 0.469 e. The minimum Gasteiger partial charge on any atom is -0.469 e. The molecule has 0 spiro atoms. The van der Waals surface area contributed by atoms with Crippen molar-refractivity contribution in [1.29, 1.82) is 0 Å². The highest BCUT2D eigenvalue weighted by atomic mass is 16.6. The SMILES string of the molecule is COC(=O)[C@@H]1CCN(C(=O)OC(C)(C)C)C[C@H]1C. The topological polar surface area (TPSA) is 55.8 Å². The first-order valence-electron chi connectivity index (χ1n) is 6.30. The molecule has 0 radical (unpaired) electrons. The van der Waals surface area contributed by atoms with Crippen LogP contribution in [0.2, 0.25) is 0 Å². The smallest absolute Gasteiger partial charge is 0.410 e. The molecule has 0 N–H and O–H groups in total. The van der Waals surface area contributed by atoms with Crippen molar-refractivity contribution in [3.8, 4) is 0 Å². The van der Waals surface area contributed by atoms with Gasteiger partial charge in [0.25, 0.3) is 0 Å². The fourth-order valence-electron chi connectivity index (χ4n) is 2.14. The van der Waals surface area contributed by atoms with Crippen LogP contribution in [0.4, 0.5) is 4.79 Å². The second-order valence-electron chi connectivity index (χ2n) is 5.82. The highest BCUT2D eigenvalue weighted by Gasteiger charge is 2.35. The van der Waals surface area contributed by atoms with Crippen molar-refractivity contribution in [1.82, 2.24) is 4.90 Å². The molecule has 0 aromatic rings. The summed E-state index contributed by atoms with van der Waals surface area (Å²) in [6.45, 7) is 8.56. The highest BCUT2D eigenvalue weighted by molar-refractivity contribution is 5.74. The summed E-state index contributed by atoms with van der Waals surface area (Å²) < 4.78 is 10.1. The fourth-order valence-corrected chi connectivity index (χ4v) is 2.14. The van der Waals surface area contributed by atoms with E-state index in [1.54, 1.807) is 4.90 Å². The number of rotatable bonds is 1. The molecule has 1 amide bonds. The van der Waals surface area contributed by atoms with E-state index in [2.05, 4.69) is 0 Å². The zero-order chi connectivity index (χ0) is 13.9. The zero-order valence-electron chi connectivity index (χ0n) is 11.9. The number of amides is 1. The monoisotopic (exact) mass is 257 g/mol. The molecule has 2 atom stereocenters. The van der Waals surface area contributed by atoms with Gasteiger partial charge in [-0.05, 0) is 33.1 Å². The molecular weight excluding hydrogens is 234 g/mol. The van der Waals surface area contributed by atoms with E-state index in [4.69, 9.17) is 9.47 Å². The van der Waals surface area contributed by atoms with Crippen LogP contribution in [0, 0.1) is 11.8 Å². The maximum absolute atomic E-state index is 11.9. The minimum atomic E-state index is -0.487. The van der Waals surface area contributed by atoms with Crippen LogP contribution in [0.15, 0.2) is 0 Å². The van der Waals surface area contributed by atoms with E-state index >= 15 is 0 Å². The number of esters is 1. The van der Waals surface area contributed by atoms with E-state index in [0.29, 0.717) is 19.5 Å². The van der Waals surface area contributed by atoms with Gasteiger partial charge >= 0.3 is 12.1 Å². The van der Waals surface area contributed by atoms with E-state index in [9.17, 15) is 9.59 Å². The molecule has 1 fully saturated rings. The first-order valence-corrected chi connectivity index (χ1v) is 6.30. The maximum atomic E-state index is 11.9. The van der Waals surface area contributed by atoms with Gasteiger partial charge in [0.05, 0.1) is 13.0 Å². The molecule has 0 saturated carbocycles. The van der Waals surface area contributed by atoms with Crippen LogP contribution in [-0.4, -0.2) is 42.8 Å². The Bertz CT molecular complexity index is 321.